The van der Waals surface area contributed by atoms with Gasteiger partial charge in [-0.2, -0.15) is 0 Å². The quantitative estimate of drug-likeness (QED) is 0.200. The Morgan fingerprint density at radius 3 is 1.14 bits per heavy atom. The molecule has 0 N–H and O–H groups in total. The Kier molecular flexibility index (Phi) is 6.29. The first kappa shape index (κ1) is 30.0. The summed E-state index contributed by atoms with van der Waals surface area (Å²) in [6, 6.07) is 8.66. The van der Waals surface area contributed by atoms with E-state index in [1.807, 2.05) is 0 Å². The number of rotatable bonds is 2. The molecule has 4 aromatic rings. The van der Waals surface area contributed by atoms with Crippen LogP contribution in [0.3, 0.4) is 0 Å². The number of hydrogen-bond acceptors (Lipinski definition) is 6. The van der Waals surface area contributed by atoms with Crippen molar-refractivity contribution in [3.8, 4) is 22.9 Å². The van der Waals surface area contributed by atoms with Crippen molar-refractivity contribution in [1.29, 1.82) is 0 Å². The van der Waals surface area contributed by atoms with E-state index in [1.165, 1.54) is 11.1 Å². The highest BCUT2D eigenvalue weighted by Gasteiger charge is 2.31. The molecule has 0 unspecified atom stereocenters. The molecule has 6 nitrogen and oxygen atoms in total. The van der Waals surface area contributed by atoms with E-state index >= 15 is 0 Å². The van der Waals surface area contributed by atoms with Crippen molar-refractivity contribution in [3.63, 3.8) is 0 Å². The topological polar surface area (TPSA) is 86.2 Å². The second-order valence-electron chi connectivity index (χ2n) is 16.4. The van der Waals surface area contributed by atoms with Crippen molar-refractivity contribution in [3.05, 3.63) is 90.2 Å². The molecular weight excluding hydrogens is 548 g/mol. The number of benzene rings is 2. The zero-order valence-corrected chi connectivity index (χ0v) is 28.0. The lowest BCUT2D eigenvalue weighted by molar-refractivity contribution is 0.571. The van der Waals surface area contributed by atoms with E-state index in [4.69, 9.17) is 8.83 Å². The van der Waals surface area contributed by atoms with Crippen molar-refractivity contribution < 1.29 is 8.83 Å². The van der Waals surface area contributed by atoms with Crippen LogP contribution in [-0.2, 0) is 21.7 Å². The van der Waals surface area contributed by atoms with Crippen LogP contribution in [0.1, 0.15) is 105 Å². The maximum atomic E-state index is 13.7. The SMILES string of the molecule is CC(C)(C)c1cc(C(C)(C)C)c2c(-c3nc(=O)c4c(-c5occ6cc(C(C)(C)C)cc(C(C)(C)C)c56)nc(=O)c3=4)occ2c1. The number of hydrogen-bond donors (Lipinski definition) is 0. The van der Waals surface area contributed by atoms with Gasteiger partial charge in [0.05, 0.1) is 23.0 Å². The van der Waals surface area contributed by atoms with Crippen LogP contribution in [0, 0.1) is 10.4 Å². The van der Waals surface area contributed by atoms with Gasteiger partial charge in [0.15, 0.2) is 11.5 Å². The maximum Gasteiger partial charge on any atom is 0.280 e. The zero-order valence-electron chi connectivity index (χ0n) is 28.0. The van der Waals surface area contributed by atoms with Crippen LogP contribution < -0.4 is 11.1 Å². The van der Waals surface area contributed by atoms with Crippen LogP contribution >= 0.6 is 0 Å². The summed E-state index contributed by atoms with van der Waals surface area (Å²) in [5, 5.41) is 3.90. The van der Waals surface area contributed by atoms with Gasteiger partial charge in [0, 0.05) is 21.5 Å². The molecule has 0 atom stereocenters. The highest BCUT2D eigenvalue weighted by molar-refractivity contribution is 5.99. The van der Waals surface area contributed by atoms with Crippen molar-refractivity contribution in [1.82, 2.24) is 9.97 Å². The highest BCUT2D eigenvalue weighted by atomic mass is 16.3. The predicted molar refractivity (Wildman–Crippen MR) is 177 cm³/mol. The zero-order chi connectivity index (χ0) is 32.3. The summed E-state index contributed by atoms with van der Waals surface area (Å²) in [5.74, 6) is 0.839. The molecule has 0 saturated heterocycles. The van der Waals surface area contributed by atoms with Crippen molar-refractivity contribution in [2.45, 2.75) is 105 Å². The minimum atomic E-state index is -0.513. The molecule has 0 amide bonds. The van der Waals surface area contributed by atoms with E-state index < -0.39 is 11.1 Å². The summed E-state index contributed by atoms with van der Waals surface area (Å²) < 4.78 is 12.3. The number of furan rings is 2. The van der Waals surface area contributed by atoms with E-state index in [1.54, 1.807) is 12.5 Å². The molecule has 2 aromatic heterocycles. The van der Waals surface area contributed by atoms with Crippen LogP contribution in [-0.4, -0.2) is 9.97 Å². The summed E-state index contributed by atoms with van der Waals surface area (Å²) in [5.41, 5.74) is 3.34. The van der Waals surface area contributed by atoms with Gasteiger partial charge in [-0.05, 0) is 56.0 Å². The fraction of sp³-hybridized carbons (Fsp3) is 0.421. The monoisotopic (exact) mass is 590 g/mol. The van der Waals surface area contributed by atoms with Crippen LogP contribution in [0.5, 0.6) is 0 Å². The van der Waals surface area contributed by atoms with Gasteiger partial charge in [0.25, 0.3) is 11.1 Å². The van der Waals surface area contributed by atoms with Crippen molar-refractivity contribution in [2.75, 3.05) is 0 Å². The van der Waals surface area contributed by atoms with Gasteiger partial charge in [-0.25, -0.2) is 9.97 Å². The van der Waals surface area contributed by atoms with Gasteiger partial charge in [-0.15, -0.1) is 0 Å². The molecule has 228 valence electrons. The molecule has 44 heavy (non-hydrogen) atoms. The van der Waals surface area contributed by atoms with Crippen LogP contribution in [0.25, 0.3) is 44.5 Å². The normalized spacial score (nSPS) is 13.6. The maximum absolute atomic E-state index is 13.7. The molecule has 0 spiro atoms. The van der Waals surface area contributed by atoms with Crippen LogP contribution in [0.4, 0.5) is 0 Å². The summed E-state index contributed by atoms with van der Waals surface area (Å²) >= 11 is 0. The molecule has 2 aliphatic heterocycles. The first-order valence-corrected chi connectivity index (χ1v) is 15.3. The summed E-state index contributed by atoms with van der Waals surface area (Å²) in [4.78, 5) is 36.2. The summed E-state index contributed by atoms with van der Waals surface area (Å²) in [6.07, 6.45) is 3.40. The Bertz CT molecular complexity index is 2080. The van der Waals surface area contributed by atoms with E-state index in [-0.39, 0.29) is 43.5 Å². The minimum Gasteiger partial charge on any atom is -0.461 e. The third-order valence-electron chi connectivity index (χ3n) is 8.76. The number of nitrogens with zero attached hydrogens (tertiary/aromatic N) is 2. The molecule has 6 heteroatoms. The van der Waals surface area contributed by atoms with Crippen LogP contribution in [0.15, 0.2) is 55.2 Å². The second kappa shape index (κ2) is 9.23. The van der Waals surface area contributed by atoms with Gasteiger partial charge in [-0.3, -0.25) is 9.59 Å². The molecule has 6 rings (SSSR count). The summed E-state index contributed by atoms with van der Waals surface area (Å²) in [6.45, 7) is 26.0. The summed E-state index contributed by atoms with van der Waals surface area (Å²) in [7, 11) is 0. The lowest BCUT2D eigenvalue weighted by Gasteiger charge is -2.26. The molecule has 2 aliphatic rings. The average Bonchev–Trinajstić information content (AvgIpc) is 3.64. The van der Waals surface area contributed by atoms with Gasteiger partial charge in [0.1, 0.15) is 11.4 Å². The Labute approximate surface area is 257 Å². The van der Waals surface area contributed by atoms with Gasteiger partial charge in [0.2, 0.25) is 0 Å². The third-order valence-corrected chi connectivity index (χ3v) is 8.76. The molecule has 2 aromatic carbocycles. The number of fused-ring (bicyclic) bond motifs is 2. The predicted octanol–water partition coefficient (Wildman–Crippen LogP) is 8.81. The minimum absolute atomic E-state index is 0.0717. The standard InChI is InChI=1S/C38H42N2O4/c1-35(2,3)21-13-19-17-43-31(25(19)23(15-21)37(7,8)9)29-27-28(34(42)39-29)30(40-33(27)41)32-26-20(18-44-32)14-22(36(4,5)6)16-24(26)38(10,11)12/h13-18H,1-12H3. The molecular formula is C38H42N2O4. The van der Waals surface area contributed by atoms with Gasteiger partial charge >= 0.3 is 0 Å². The largest absolute Gasteiger partial charge is 0.461 e. The Morgan fingerprint density at radius 2 is 0.841 bits per heavy atom. The fourth-order valence-corrected chi connectivity index (χ4v) is 6.19. The lowest BCUT2D eigenvalue weighted by Crippen LogP contribution is -2.16. The van der Waals surface area contributed by atoms with E-state index in [9.17, 15) is 9.59 Å². The van der Waals surface area contributed by atoms with Crippen molar-refractivity contribution >= 4 is 21.5 Å². The molecule has 0 bridgehead atoms. The fourth-order valence-electron chi connectivity index (χ4n) is 6.19. The lowest BCUT2D eigenvalue weighted by atomic mass is 9.78. The smallest absolute Gasteiger partial charge is 0.280 e. The Balaban J connectivity index is 1.67. The van der Waals surface area contributed by atoms with Gasteiger partial charge < -0.3 is 8.83 Å². The van der Waals surface area contributed by atoms with Gasteiger partial charge in [-0.1, -0.05) is 95.2 Å². The average molecular weight is 591 g/mol. The van der Waals surface area contributed by atoms with E-state index in [0.29, 0.717) is 11.5 Å². The van der Waals surface area contributed by atoms with Crippen molar-refractivity contribution in [2.24, 2.45) is 0 Å². The first-order valence-electron chi connectivity index (χ1n) is 15.3. The highest BCUT2D eigenvalue weighted by Crippen LogP contribution is 2.43. The molecule has 0 aliphatic carbocycles. The Hall–Kier alpha value is -4.06. The molecule has 0 radical (unpaired) electrons. The molecule has 4 heterocycles. The second-order valence-corrected chi connectivity index (χ2v) is 16.4. The third kappa shape index (κ3) is 4.61. The van der Waals surface area contributed by atoms with E-state index in [2.05, 4.69) is 117 Å². The first-order chi connectivity index (χ1) is 20.2. The molecule has 0 saturated carbocycles. The Morgan fingerprint density at radius 1 is 0.500 bits per heavy atom. The number of aromatic nitrogens is 2. The van der Waals surface area contributed by atoms with Crippen LogP contribution in [0.2, 0.25) is 0 Å². The molecule has 0 fully saturated rings. The van der Waals surface area contributed by atoms with E-state index in [0.717, 1.165) is 32.7 Å².